The van der Waals surface area contributed by atoms with E-state index in [1.807, 2.05) is 45.9 Å². The van der Waals surface area contributed by atoms with Crippen molar-refractivity contribution in [3.05, 3.63) is 40.8 Å². The lowest BCUT2D eigenvalue weighted by molar-refractivity contribution is 0.352. The van der Waals surface area contributed by atoms with Crippen LogP contribution in [0.2, 0.25) is 0 Å². The summed E-state index contributed by atoms with van der Waals surface area (Å²) in [5, 5.41) is 7.11. The average molecular weight is 337 g/mol. The molecule has 0 fully saturated rings. The molecule has 0 bridgehead atoms. The van der Waals surface area contributed by atoms with Gasteiger partial charge in [0.05, 0.1) is 11.8 Å². The molecule has 0 aliphatic rings. The lowest BCUT2D eigenvalue weighted by atomic mass is 10.1. The largest absolute Gasteiger partial charge is 0.411 e. The van der Waals surface area contributed by atoms with E-state index in [2.05, 4.69) is 10.2 Å². The second kappa shape index (κ2) is 6.80. The van der Waals surface area contributed by atoms with Crippen LogP contribution >= 0.6 is 0 Å². The van der Waals surface area contributed by atoms with Gasteiger partial charge in [-0.15, -0.1) is 5.10 Å². The van der Waals surface area contributed by atoms with Gasteiger partial charge in [-0.3, -0.25) is 0 Å². The van der Waals surface area contributed by atoms with E-state index in [1.54, 1.807) is 0 Å². The van der Waals surface area contributed by atoms with Gasteiger partial charge in [-0.1, -0.05) is 42.7 Å². The maximum absolute atomic E-state index is 12.5. The number of aromatic nitrogens is 2. The smallest absolute Gasteiger partial charge is 0.335 e. The van der Waals surface area contributed by atoms with E-state index >= 15 is 0 Å². The third kappa shape index (κ3) is 4.39. The van der Waals surface area contributed by atoms with Crippen molar-refractivity contribution in [2.75, 3.05) is 0 Å². The van der Waals surface area contributed by atoms with Gasteiger partial charge in [0.1, 0.15) is 0 Å². The van der Waals surface area contributed by atoms with Crippen LogP contribution in [0.5, 0.6) is 0 Å². The minimum atomic E-state index is -3.69. The highest BCUT2D eigenvalue weighted by molar-refractivity contribution is 7.90. The number of nitrogens with two attached hydrogens (primary N) is 1. The minimum Gasteiger partial charge on any atom is -0.411 e. The van der Waals surface area contributed by atoms with Crippen LogP contribution in [-0.4, -0.2) is 18.6 Å². The molecule has 2 aromatic rings. The Labute approximate surface area is 137 Å². The second-order valence-corrected chi connectivity index (χ2v) is 8.20. The third-order valence-corrected chi connectivity index (χ3v) is 4.97. The predicted molar refractivity (Wildman–Crippen MR) is 87.5 cm³/mol. The fourth-order valence-electron chi connectivity index (χ4n) is 2.33. The van der Waals surface area contributed by atoms with Crippen LogP contribution in [-0.2, 0) is 15.6 Å². The normalized spacial score (nSPS) is 13.5. The van der Waals surface area contributed by atoms with Gasteiger partial charge in [0.2, 0.25) is 15.7 Å². The van der Waals surface area contributed by atoms with Crippen molar-refractivity contribution >= 4 is 9.84 Å². The van der Waals surface area contributed by atoms with E-state index in [1.165, 1.54) is 0 Å². The van der Waals surface area contributed by atoms with Crippen molar-refractivity contribution in [3.8, 4) is 0 Å². The van der Waals surface area contributed by atoms with Gasteiger partial charge >= 0.3 is 5.22 Å². The number of sulfone groups is 1. The van der Waals surface area contributed by atoms with Crippen molar-refractivity contribution < 1.29 is 12.8 Å². The summed E-state index contributed by atoms with van der Waals surface area (Å²) >= 11 is 0. The van der Waals surface area contributed by atoms with Crippen LogP contribution in [0.15, 0.2) is 27.8 Å². The Bertz CT molecular complexity index is 782. The number of hydrogen-bond acceptors (Lipinski definition) is 6. The maximum Gasteiger partial charge on any atom is 0.335 e. The molecule has 0 aliphatic heterocycles. The molecule has 126 valence electrons. The molecule has 0 saturated carbocycles. The summed E-state index contributed by atoms with van der Waals surface area (Å²) in [6.07, 6.45) is 0.651. The zero-order chi connectivity index (χ0) is 17.2. The molecule has 23 heavy (non-hydrogen) atoms. The first-order valence-corrected chi connectivity index (χ1v) is 9.22. The lowest BCUT2D eigenvalue weighted by Gasteiger charge is -2.09. The average Bonchev–Trinajstić information content (AvgIpc) is 2.92. The van der Waals surface area contributed by atoms with Gasteiger partial charge in [0, 0.05) is 0 Å². The molecule has 0 spiro atoms. The van der Waals surface area contributed by atoms with Gasteiger partial charge < -0.3 is 10.2 Å². The van der Waals surface area contributed by atoms with E-state index in [0.717, 1.165) is 16.7 Å². The molecular formula is C16H23N3O3S. The Balaban J connectivity index is 2.23. The molecule has 0 saturated heterocycles. The molecule has 2 N–H and O–H groups in total. The highest BCUT2D eigenvalue weighted by Gasteiger charge is 2.25. The summed E-state index contributed by atoms with van der Waals surface area (Å²) < 4.78 is 30.3. The summed E-state index contributed by atoms with van der Waals surface area (Å²) in [5.41, 5.74) is 8.61. The number of nitrogens with zero attached hydrogens (tertiary/aromatic N) is 2. The number of rotatable bonds is 6. The first-order chi connectivity index (χ1) is 10.7. The van der Waals surface area contributed by atoms with Crippen LogP contribution in [0.4, 0.5) is 0 Å². The molecule has 1 heterocycles. The van der Waals surface area contributed by atoms with Crippen LogP contribution < -0.4 is 5.73 Å². The van der Waals surface area contributed by atoms with Gasteiger partial charge in [0.15, 0.2) is 0 Å². The Morgan fingerprint density at radius 3 is 2.57 bits per heavy atom. The zero-order valence-electron chi connectivity index (χ0n) is 13.9. The monoisotopic (exact) mass is 337 g/mol. The van der Waals surface area contributed by atoms with Crippen molar-refractivity contribution in [1.29, 1.82) is 0 Å². The first-order valence-electron chi connectivity index (χ1n) is 7.57. The zero-order valence-corrected chi connectivity index (χ0v) is 14.7. The fraction of sp³-hybridized carbons (Fsp3) is 0.500. The van der Waals surface area contributed by atoms with Crippen molar-refractivity contribution in [2.24, 2.45) is 11.7 Å². The summed E-state index contributed by atoms with van der Waals surface area (Å²) in [6, 6.07) is 5.25. The van der Waals surface area contributed by atoms with Gasteiger partial charge in [-0.05, 0) is 37.3 Å². The molecule has 0 radical (unpaired) electrons. The molecule has 1 aromatic heterocycles. The highest BCUT2D eigenvalue weighted by atomic mass is 32.2. The Morgan fingerprint density at radius 1 is 1.22 bits per heavy atom. The van der Waals surface area contributed by atoms with Crippen molar-refractivity contribution in [1.82, 2.24) is 10.2 Å². The van der Waals surface area contributed by atoms with Gasteiger partial charge in [-0.2, -0.15) is 0 Å². The molecule has 0 amide bonds. The Morgan fingerprint density at radius 2 is 1.91 bits per heavy atom. The molecule has 6 nitrogen and oxygen atoms in total. The molecule has 2 rings (SSSR count). The molecule has 1 aromatic carbocycles. The predicted octanol–water partition coefficient (Wildman–Crippen LogP) is 2.71. The van der Waals surface area contributed by atoms with E-state index in [-0.39, 0.29) is 16.9 Å². The maximum atomic E-state index is 12.5. The molecule has 0 aliphatic carbocycles. The molecule has 1 atom stereocenters. The third-order valence-electron chi connectivity index (χ3n) is 3.58. The fourth-order valence-corrected chi connectivity index (χ4v) is 3.55. The molecule has 1 unspecified atom stereocenters. The van der Waals surface area contributed by atoms with Crippen LogP contribution in [0.1, 0.15) is 48.9 Å². The van der Waals surface area contributed by atoms with Gasteiger partial charge in [0.25, 0.3) is 0 Å². The highest BCUT2D eigenvalue weighted by Crippen LogP contribution is 2.22. The SMILES string of the molecule is Cc1ccc(C)c(CS(=O)(=O)c2nnc(C(N)CC(C)C)o2)c1. The van der Waals surface area contributed by atoms with Crippen LogP contribution in [0.25, 0.3) is 0 Å². The van der Waals surface area contributed by atoms with Crippen molar-refractivity contribution in [2.45, 2.75) is 51.1 Å². The lowest BCUT2D eigenvalue weighted by Crippen LogP contribution is -2.13. The first kappa shape index (κ1) is 17.6. The van der Waals surface area contributed by atoms with E-state index in [9.17, 15) is 8.42 Å². The minimum absolute atomic E-state index is 0.165. The Kier molecular flexibility index (Phi) is 5.21. The topological polar surface area (TPSA) is 99.1 Å². The second-order valence-electron chi connectivity index (χ2n) is 6.33. The van der Waals surface area contributed by atoms with Crippen LogP contribution in [0, 0.1) is 19.8 Å². The van der Waals surface area contributed by atoms with E-state index in [4.69, 9.17) is 10.2 Å². The van der Waals surface area contributed by atoms with Crippen LogP contribution in [0.3, 0.4) is 0 Å². The summed E-state index contributed by atoms with van der Waals surface area (Å²) in [5.74, 6) is 0.354. The van der Waals surface area contributed by atoms with E-state index < -0.39 is 15.9 Å². The quantitative estimate of drug-likeness (QED) is 0.870. The summed E-state index contributed by atoms with van der Waals surface area (Å²) in [4.78, 5) is 0. The molecule has 7 heteroatoms. The molecular weight excluding hydrogens is 314 g/mol. The number of aryl methyl sites for hydroxylation is 2. The number of benzene rings is 1. The summed E-state index contributed by atoms with van der Waals surface area (Å²) in [6.45, 7) is 7.84. The van der Waals surface area contributed by atoms with Crippen molar-refractivity contribution in [3.63, 3.8) is 0 Å². The Hall–Kier alpha value is -1.73. The standard InChI is InChI=1S/C16H23N3O3S/c1-10(2)7-14(17)15-18-19-16(22-15)23(20,21)9-13-8-11(3)5-6-12(13)4/h5-6,8,10,14H,7,9,17H2,1-4H3. The van der Waals surface area contributed by atoms with Gasteiger partial charge in [-0.25, -0.2) is 8.42 Å². The summed E-state index contributed by atoms with van der Waals surface area (Å²) in [7, 11) is -3.69. The van der Waals surface area contributed by atoms with E-state index in [0.29, 0.717) is 12.3 Å². The number of hydrogen-bond donors (Lipinski definition) is 1.